The molecule has 1 aromatic carbocycles. The molecular weight excluding hydrogens is 742 g/mol. The van der Waals surface area contributed by atoms with E-state index in [2.05, 4.69) is 18.3 Å². The number of carbonyl (C=O) groups excluding carboxylic acids is 2. The number of ether oxygens (including phenoxy) is 2. The molecule has 2 N–H and O–H groups in total. The lowest BCUT2D eigenvalue weighted by Crippen LogP contribution is -2.48. The van der Waals surface area contributed by atoms with Gasteiger partial charge in [-0.2, -0.15) is 22.0 Å². The molecule has 314 valence electrons. The minimum atomic E-state index is -5.57. The van der Waals surface area contributed by atoms with Crippen LogP contribution < -0.4 is 10.1 Å². The topological polar surface area (TPSA) is 102 Å². The van der Waals surface area contributed by atoms with Crippen molar-refractivity contribution < 1.29 is 50.3 Å². The summed E-state index contributed by atoms with van der Waals surface area (Å²) in [5, 5.41) is 13.8. The first-order chi connectivity index (χ1) is 25.6. The lowest BCUT2D eigenvalue weighted by molar-refractivity contribution is -0.284. The smallest absolute Gasteiger partial charge is 0.453 e. The van der Waals surface area contributed by atoms with Crippen molar-refractivity contribution in [2.75, 3.05) is 11.5 Å². The largest absolute Gasteiger partial charge is 0.458 e. The van der Waals surface area contributed by atoms with Crippen LogP contribution in [0.3, 0.4) is 0 Å². The Morgan fingerprint density at radius 2 is 1.58 bits per heavy atom. The Labute approximate surface area is 327 Å². The van der Waals surface area contributed by atoms with Gasteiger partial charge in [0.2, 0.25) is 0 Å². The van der Waals surface area contributed by atoms with Gasteiger partial charge in [-0.1, -0.05) is 65.4 Å². The number of aliphatic hydroxyl groups excluding tert-OH is 1. The molecule has 8 atom stereocenters. The average Bonchev–Trinajstić information content (AvgIpc) is 3.38. The number of unbranched alkanes of at least 4 members (excludes halogenated alkanes) is 6. The van der Waals surface area contributed by atoms with Gasteiger partial charge >= 0.3 is 24.2 Å². The van der Waals surface area contributed by atoms with Gasteiger partial charge in [0.05, 0.1) is 6.10 Å². The van der Waals surface area contributed by atoms with Crippen LogP contribution in [0.5, 0.6) is 5.75 Å². The second kappa shape index (κ2) is 19.0. The summed E-state index contributed by atoms with van der Waals surface area (Å²) in [6.45, 7) is 11.3. The van der Waals surface area contributed by atoms with Crippen molar-refractivity contribution in [1.82, 2.24) is 5.32 Å². The van der Waals surface area contributed by atoms with Crippen molar-refractivity contribution in [2.45, 2.75) is 174 Å². The van der Waals surface area contributed by atoms with E-state index in [-0.39, 0.29) is 23.2 Å². The van der Waals surface area contributed by atoms with Gasteiger partial charge in [-0.25, -0.2) is 9.59 Å². The van der Waals surface area contributed by atoms with Crippen molar-refractivity contribution in [2.24, 2.45) is 29.1 Å². The molecule has 2 unspecified atom stereocenters. The quantitative estimate of drug-likeness (QED) is 0.0870. The highest BCUT2D eigenvalue weighted by Crippen LogP contribution is 2.62. The maximum atomic E-state index is 13.1. The zero-order chi connectivity index (χ0) is 40.8. The number of esters is 1. The Kier molecular flexibility index (Phi) is 15.7. The first-order valence-corrected chi connectivity index (χ1v) is 21.9. The maximum absolute atomic E-state index is 13.1. The fourth-order valence-electron chi connectivity index (χ4n) is 9.46. The summed E-state index contributed by atoms with van der Waals surface area (Å²) in [5.74, 6) is -3.10. The van der Waals surface area contributed by atoms with Crippen molar-refractivity contribution in [1.29, 1.82) is 0 Å². The molecule has 0 saturated heterocycles. The van der Waals surface area contributed by atoms with Gasteiger partial charge in [0.1, 0.15) is 17.4 Å². The molecule has 0 radical (unpaired) electrons. The Morgan fingerprint density at radius 1 is 0.945 bits per heavy atom. The van der Waals surface area contributed by atoms with E-state index in [9.17, 15) is 40.9 Å². The van der Waals surface area contributed by atoms with E-state index >= 15 is 0 Å². The molecule has 2 saturated carbocycles. The molecule has 0 spiro atoms. The number of nitrogens with one attached hydrogen (secondary N) is 1. The lowest BCUT2D eigenvalue weighted by Gasteiger charge is -2.53. The average molecular weight is 806 g/mol. The molecule has 13 heteroatoms. The molecule has 0 bridgehead atoms. The summed E-state index contributed by atoms with van der Waals surface area (Å²) in [7, 11) is -1.40. The summed E-state index contributed by atoms with van der Waals surface area (Å²) in [6.07, 6.45) is 4.18. The molecule has 0 aliphatic heterocycles. The predicted octanol–water partition coefficient (Wildman–Crippen LogP) is 10.4. The van der Waals surface area contributed by atoms with Crippen LogP contribution in [0.15, 0.2) is 18.2 Å². The Hall–Kier alpha value is -2.28. The number of rotatable bonds is 18. The van der Waals surface area contributed by atoms with E-state index < -0.39 is 59.4 Å². The Balaban J connectivity index is 1.29. The molecule has 4 rings (SSSR count). The van der Waals surface area contributed by atoms with Crippen molar-refractivity contribution >= 4 is 22.9 Å². The summed E-state index contributed by atoms with van der Waals surface area (Å²) in [5.41, 5.74) is 1.74. The molecule has 0 heterocycles. The molecular formula is C42H64F5NO6S. The molecule has 1 aromatic rings. The molecule has 3 aliphatic rings. The zero-order valence-corrected chi connectivity index (χ0v) is 34.4. The van der Waals surface area contributed by atoms with Crippen LogP contribution in [0.1, 0.15) is 148 Å². The number of amides is 1. The van der Waals surface area contributed by atoms with Crippen molar-refractivity contribution in [3.8, 4) is 5.75 Å². The second-order valence-corrected chi connectivity index (χ2v) is 19.7. The lowest BCUT2D eigenvalue weighted by atomic mass is 9.52. The van der Waals surface area contributed by atoms with Crippen LogP contribution in [-0.4, -0.2) is 62.7 Å². The monoisotopic (exact) mass is 805 g/mol. The van der Waals surface area contributed by atoms with Crippen LogP contribution in [0, 0.1) is 29.1 Å². The van der Waals surface area contributed by atoms with Crippen LogP contribution in [0.25, 0.3) is 0 Å². The number of benzene rings is 1. The van der Waals surface area contributed by atoms with Crippen LogP contribution in [0.4, 0.5) is 26.7 Å². The van der Waals surface area contributed by atoms with Gasteiger partial charge in [-0.3, -0.25) is 4.21 Å². The summed E-state index contributed by atoms with van der Waals surface area (Å²) in [4.78, 5) is 25.8. The van der Waals surface area contributed by atoms with E-state index in [1.807, 2.05) is 26.0 Å². The van der Waals surface area contributed by atoms with Crippen LogP contribution >= 0.6 is 0 Å². The molecule has 2 fully saturated rings. The van der Waals surface area contributed by atoms with Gasteiger partial charge in [-0.15, -0.1) is 0 Å². The Morgan fingerprint density at radius 3 is 2.22 bits per heavy atom. The fraction of sp³-hybridized carbons (Fsp3) is 0.810. The molecule has 55 heavy (non-hydrogen) atoms. The van der Waals surface area contributed by atoms with E-state index in [4.69, 9.17) is 9.47 Å². The van der Waals surface area contributed by atoms with Crippen molar-refractivity contribution in [3.05, 3.63) is 29.3 Å². The molecule has 7 nitrogen and oxygen atoms in total. The van der Waals surface area contributed by atoms with E-state index in [1.165, 1.54) is 11.1 Å². The summed E-state index contributed by atoms with van der Waals surface area (Å²) in [6, 6.07) is 5.09. The van der Waals surface area contributed by atoms with Crippen LogP contribution in [0.2, 0.25) is 0 Å². The van der Waals surface area contributed by atoms with Gasteiger partial charge in [0.15, 0.2) is 0 Å². The third-order valence-corrected chi connectivity index (χ3v) is 13.8. The zero-order valence-electron chi connectivity index (χ0n) is 33.6. The Bertz CT molecular complexity index is 1460. The van der Waals surface area contributed by atoms with E-state index in [1.54, 1.807) is 20.8 Å². The van der Waals surface area contributed by atoms with Crippen LogP contribution in [-0.2, 0) is 26.8 Å². The summed E-state index contributed by atoms with van der Waals surface area (Å²) < 4.78 is 86.5. The third-order valence-electron chi connectivity index (χ3n) is 12.4. The fourth-order valence-corrected chi connectivity index (χ4v) is 10.7. The summed E-state index contributed by atoms with van der Waals surface area (Å²) >= 11 is 0. The molecule has 0 aromatic heterocycles. The van der Waals surface area contributed by atoms with E-state index in [0.29, 0.717) is 41.6 Å². The maximum Gasteiger partial charge on any atom is 0.453 e. The minimum absolute atomic E-state index is 0.0725. The molecule has 1 amide bonds. The van der Waals surface area contributed by atoms with Gasteiger partial charge < -0.3 is 19.9 Å². The number of aliphatic hydroxyl groups is 1. The molecule has 3 aliphatic carbocycles. The second-order valence-electron chi connectivity index (χ2n) is 18.0. The standard InChI is InChI=1S/C42H64F5NO6S/c1-27(2)36(37(50)54-39(3,4)5)48-38(51)53-30-16-17-31-29(26-30)25-28(35-32(31)20-22-40(6)33(35)18-19-34(40)49)15-12-10-8-7-9-11-13-23-55(52)24-14-21-41(43,44)42(45,46)47/h16-17,26-28,32-36,49H,7-15,18-25H2,1-6H3,(H,48,51)/t28-,32?,33+,34+,35-,36+,40+,55?/m1/s1. The number of carbonyl (C=O) groups is 2. The number of hydrogen-bond donors (Lipinski definition) is 2. The number of fused-ring (bicyclic) bond motifs is 5. The third kappa shape index (κ3) is 12.1. The normalized spacial score (nSPS) is 26.5. The minimum Gasteiger partial charge on any atom is -0.458 e. The van der Waals surface area contributed by atoms with Crippen molar-refractivity contribution in [3.63, 3.8) is 0 Å². The SMILES string of the molecule is CC(C)[C@H](NC(=O)Oc1ccc2c(c1)C[C@@H](CCCCCCCCCS(=O)CCCC(F)(F)C(F)(F)F)[C@@H]1C2CC[C@]2(C)[C@@H](O)CC[C@@H]12)C(=O)OC(C)(C)C. The highest BCUT2D eigenvalue weighted by Gasteiger charge is 2.57. The number of halogens is 5. The highest BCUT2D eigenvalue weighted by molar-refractivity contribution is 7.84. The predicted molar refractivity (Wildman–Crippen MR) is 205 cm³/mol. The number of hydrogen-bond acceptors (Lipinski definition) is 6. The highest BCUT2D eigenvalue weighted by atomic mass is 32.2. The first-order valence-electron chi connectivity index (χ1n) is 20.4. The first kappa shape index (κ1) is 45.4. The van der Waals surface area contributed by atoms with E-state index in [0.717, 1.165) is 77.0 Å². The number of alkyl halides is 5. The van der Waals surface area contributed by atoms with Gasteiger partial charge in [0, 0.05) is 28.7 Å². The van der Waals surface area contributed by atoms with Gasteiger partial charge in [-0.05, 0) is 130 Å². The van der Waals surface area contributed by atoms with Gasteiger partial charge in [0.25, 0.3) is 0 Å².